The summed E-state index contributed by atoms with van der Waals surface area (Å²) < 4.78 is 38.5. The third-order valence-corrected chi connectivity index (χ3v) is 5.31. The van der Waals surface area contributed by atoms with Crippen molar-refractivity contribution >= 4 is 23.6 Å². The van der Waals surface area contributed by atoms with Gasteiger partial charge in [0, 0.05) is 24.5 Å². The number of carboxylic acids is 1. The number of carboxylic acid groups (broad SMARTS) is 1. The molecule has 0 bridgehead atoms. The minimum atomic E-state index is -4.42. The van der Waals surface area contributed by atoms with Gasteiger partial charge in [-0.15, -0.1) is 0 Å². The summed E-state index contributed by atoms with van der Waals surface area (Å²) in [5.74, 6) is -0.252. The molecule has 1 aromatic rings. The lowest BCUT2D eigenvalue weighted by atomic mass is 9.95. The molecule has 0 spiro atoms. The quantitative estimate of drug-likeness (QED) is 0.854. The third-order valence-electron chi connectivity index (χ3n) is 4.22. The number of carbonyl (C=O) groups is 2. The molecule has 25 heavy (non-hydrogen) atoms. The van der Waals surface area contributed by atoms with Crippen LogP contribution in [-0.4, -0.2) is 46.0 Å². The van der Waals surface area contributed by atoms with Crippen LogP contribution in [0.4, 0.5) is 13.2 Å². The van der Waals surface area contributed by atoms with Crippen LogP contribution in [0.5, 0.6) is 0 Å². The largest absolute Gasteiger partial charge is 0.481 e. The first-order valence-electron chi connectivity index (χ1n) is 7.94. The van der Waals surface area contributed by atoms with E-state index in [9.17, 15) is 22.8 Å². The van der Waals surface area contributed by atoms with Crippen LogP contribution >= 0.6 is 11.8 Å². The molecule has 2 atom stereocenters. The van der Waals surface area contributed by atoms with Crippen LogP contribution in [0.25, 0.3) is 0 Å². The number of carbonyl (C=O) groups excluding carboxylic acids is 1. The van der Waals surface area contributed by atoms with E-state index in [-0.39, 0.29) is 30.7 Å². The van der Waals surface area contributed by atoms with E-state index in [1.165, 1.54) is 6.07 Å². The highest BCUT2D eigenvalue weighted by molar-refractivity contribution is 7.99. The van der Waals surface area contributed by atoms with Crippen molar-refractivity contribution in [3.8, 4) is 0 Å². The van der Waals surface area contributed by atoms with Gasteiger partial charge in [0.25, 0.3) is 0 Å². The van der Waals surface area contributed by atoms with Gasteiger partial charge < -0.3 is 10.0 Å². The topological polar surface area (TPSA) is 57.6 Å². The maximum absolute atomic E-state index is 12.8. The number of nitrogens with zero attached hydrogens (tertiary/aromatic N) is 1. The Bertz CT molecular complexity index is 636. The molecule has 1 amide bonds. The number of thioether (sulfide) groups is 1. The van der Waals surface area contributed by atoms with Gasteiger partial charge in [-0.1, -0.05) is 25.1 Å². The zero-order valence-electron chi connectivity index (χ0n) is 13.8. The number of aliphatic carboxylic acids is 1. The fourth-order valence-corrected chi connectivity index (χ4v) is 3.93. The first-order valence-corrected chi connectivity index (χ1v) is 9.10. The Morgan fingerprint density at radius 1 is 1.40 bits per heavy atom. The van der Waals surface area contributed by atoms with Gasteiger partial charge in [0.15, 0.2) is 0 Å². The summed E-state index contributed by atoms with van der Waals surface area (Å²) in [4.78, 5) is 25.1. The SMILES string of the molecule is CC(CC(=O)N1CCSCC1CC(=O)O)c1cccc(C(F)(F)F)c1. The normalized spacial score (nSPS) is 19.5. The Morgan fingerprint density at radius 2 is 2.12 bits per heavy atom. The van der Waals surface area contributed by atoms with E-state index in [1.54, 1.807) is 29.7 Å². The van der Waals surface area contributed by atoms with Gasteiger partial charge in [-0.05, 0) is 17.5 Å². The fourth-order valence-electron chi connectivity index (χ4n) is 2.87. The van der Waals surface area contributed by atoms with Crippen molar-refractivity contribution in [3.63, 3.8) is 0 Å². The number of hydrogen-bond acceptors (Lipinski definition) is 3. The fraction of sp³-hybridized carbons (Fsp3) is 0.529. The van der Waals surface area contributed by atoms with E-state index in [4.69, 9.17) is 5.11 Å². The first-order chi connectivity index (χ1) is 11.7. The summed E-state index contributed by atoms with van der Waals surface area (Å²) in [5.41, 5.74) is -0.285. The molecule has 1 heterocycles. The summed E-state index contributed by atoms with van der Waals surface area (Å²) >= 11 is 1.60. The monoisotopic (exact) mass is 375 g/mol. The summed E-state index contributed by atoms with van der Waals surface area (Å²) in [6.07, 6.45) is -4.48. The second-order valence-corrected chi connectivity index (χ2v) is 7.29. The second kappa shape index (κ2) is 8.12. The maximum atomic E-state index is 12.8. The van der Waals surface area contributed by atoms with Gasteiger partial charge in [-0.25, -0.2) is 0 Å². The maximum Gasteiger partial charge on any atom is 0.416 e. The van der Waals surface area contributed by atoms with E-state index in [1.807, 2.05) is 0 Å². The Balaban J connectivity index is 2.07. The molecular weight excluding hydrogens is 355 g/mol. The highest BCUT2D eigenvalue weighted by Crippen LogP contribution is 2.32. The van der Waals surface area contributed by atoms with Gasteiger partial charge >= 0.3 is 12.1 Å². The molecular formula is C17H20F3NO3S. The van der Waals surface area contributed by atoms with Gasteiger partial charge in [-0.2, -0.15) is 24.9 Å². The number of amides is 1. The predicted octanol–water partition coefficient (Wildman–Crippen LogP) is 3.62. The molecule has 1 aromatic carbocycles. The van der Waals surface area contributed by atoms with E-state index in [0.717, 1.165) is 17.9 Å². The smallest absolute Gasteiger partial charge is 0.416 e. The molecule has 1 N–H and O–H groups in total. The van der Waals surface area contributed by atoms with E-state index >= 15 is 0 Å². The molecule has 1 fully saturated rings. The Morgan fingerprint density at radius 3 is 2.76 bits per heavy atom. The van der Waals surface area contributed by atoms with Crippen LogP contribution < -0.4 is 0 Å². The minimum Gasteiger partial charge on any atom is -0.481 e. The van der Waals surface area contributed by atoms with E-state index in [0.29, 0.717) is 17.9 Å². The van der Waals surface area contributed by atoms with Crippen LogP contribution in [0.15, 0.2) is 24.3 Å². The lowest BCUT2D eigenvalue weighted by Gasteiger charge is -2.35. The predicted molar refractivity (Wildman–Crippen MR) is 89.6 cm³/mol. The van der Waals surface area contributed by atoms with Gasteiger partial charge in [0.05, 0.1) is 18.0 Å². The molecule has 8 heteroatoms. The molecule has 1 aliphatic heterocycles. The molecule has 0 saturated carbocycles. The van der Waals surface area contributed by atoms with Crippen molar-refractivity contribution in [2.24, 2.45) is 0 Å². The lowest BCUT2D eigenvalue weighted by Crippen LogP contribution is -2.47. The molecule has 1 saturated heterocycles. The Kier molecular flexibility index (Phi) is 6.37. The average molecular weight is 375 g/mol. The number of rotatable bonds is 5. The molecule has 4 nitrogen and oxygen atoms in total. The third kappa shape index (κ3) is 5.39. The zero-order valence-corrected chi connectivity index (χ0v) is 14.6. The highest BCUT2D eigenvalue weighted by Gasteiger charge is 2.32. The molecule has 2 unspecified atom stereocenters. The van der Waals surface area contributed by atoms with Crippen molar-refractivity contribution in [3.05, 3.63) is 35.4 Å². The molecule has 0 radical (unpaired) electrons. The number of alkyl halides is 3. The average Bonchev–Trinajstić information content (AvgIpc) is 2.54. The Labute approximate surface area is 148 Å². The minimum absolute atomic E-state index is 0.0576. The molecule has 1 aliphatic rings. The number of halogens is 3. The standard InChI is InChI=1S/C17H20F3NO3S/c1-11(12-3-2-4-13(8-12)17(18,19)20)7-15(22)21-5-6-25-10-14(21)9-16(23)24/h2-4,8,11,14H,5-7,9-10H2,1H3,(H,23,24). The van der Waals surface area contributed by atoms with Gasteiger partial charge in [0.2, 0.25) is 5.91 Å². The van der Waals surface area contributed by atoms with Gasteiger partial charge in [-0.3, -0.25) is 9.59 Å². The van der Waals surface area contributed by atoms with Crippen molar-refractivity contribution in [1.29, 1.82) is 0 Å². The van der Waals surface area contributed by atoms with Crippen LogP contribution in [0.3, 0.4) is 0 Å². The van der Waals surface area contributed by atoms with Crippen LogP contribution in [0.1, 0.15) is 36.8 Å². The zero-order chi connectivity index (χ0) is 18.6. The molecule has 0 aliphatic carbocycles. The van der Waals surface area contributed by atoms with Crippen molar-refractivity contribution in [2.45, 2.75) is 37.9 Å². The van der Waals surface area contributed by atoms with E-state index in [2.05, 4.69) is 0 Å². The lowest BCUT2D eigenvalue weighted by molar-refractivity contribution is -0.140. The van der Waals surface area contributed by atoms with Crippen LogP contribution in [-0.2, 0) is 15.8 Å². The Hall–Kier alpha value is -1.70. The van der Waals surface area contributed by atoms with E-state index < -0.39 is 17.7 Å². The molecule has 2 rings (SSSR count). The molecule has 138 valence electrons. The summed E-state index contributed by atoms with van der Waals surface area (Å²) in [6, 6.07) is 4.62. The summed E-state index contributed by atoms with van der Waals surface area (Å²) in [5, 5.41) is 8.98. The van der Waals surface area contributed by atoms with Gasteiger partial charge in [0.1, 0.15) is 0 Å². The van der Waals surface area contributed by atoms with Crippen LogP contribution in [0, 0.1) is 0 Å². The van der Waals surface area contributed by atoms with Crippen LogP contribution in [0.2, 0.25) is 0 Å². The van der Waals surface area contributed by atoms with Crippen molar-refractivity contribution < 1.29 is 27.9 Å². The first kappa shape index (κ1) is 19.6. The van der Waals surface area contributed by atoms with Crippen molar-refractivity contribution in [2.75, 3.05) is 18.1 Å². The second-order valence-electron chi connectivity index (χ2n) is 6.14. The highest BCUT2D eigenvalue weighted by atomic mass is 32.2. The summed E-state index contributed by atoms with van der Waals surface area (Å²) in [6.45, 7) is 2.18. The van der Waals surface area contributed by atoms with Crippen molar-refractivity contribution in [1.82, 2.24) is 4.90 Å². The summed E-state index contributed by atoms with van der Waals surface area (Å²) in [7, 11) is 0. The number of benzene rings is 1. The molecule has 0 aromatic heterocycles. The number of hydrogen-bond donors (Lipinski definition) is 1.